The first-order valence-electron chi connectivity index (χ1n) is 7.29. The maximum Gasteiger partial charge on any atom is 0.121 e. The van der Waals surface area contributed by atoms with Gasteiger partial charge < -0.3 is 10.2 Å². The largest absolute Gasteiger partial charge is 0.388 e. The molecule has 3 atom stereocenters. The molecule has 0 saturated carbocycles. The lowest BCUT2D eigenvalue weighted by atomic mass is 9.78. The zero-order valence-electron chi connectivity index (χ0n) is 12.3. The number of rotatable bonds is 2. The fourth-order valence-corrected chi connectivity index (χ4v) is 3.43. The quantitative estimate of drug-likeness (QED) is 0.885. The van der Waals surface area contributed by atoms with E-state index >= 15 is 0 Å². The van der Waals surface area contributed by atoms with Crippen molar-refractivity contribution in [2.75, 3.05) is 0 Å². The maximum absolute atomic E-state index is 11.5. The lowest BCUT2D eigenvalue weighted by Crippen LogP contribution is -2.35. The summed E-state index contributed by atoms with van der Waals surface area (Å²) in [4.78, 5) is 0. The van der Waals surface area contributed by atoms with Crippen LogP contribution in [0.2, 0.25) is 0 Å². The van der Waals surface area contributed by atoms with Crippen LogP contribution < -0.4 is 0 Å². The average molecular weight is 280 g/mol. The van der Waals surface area contributed by atoms with E-state index in [4.69, 9.17) is 0 Å². The van der Waals surface area contributed by atoms with Crippen molar-refractivity contribution in [2.45, 2.75) is 25.6 Å². The van der Waals surface area contributed by atoms with Gasteiger partial charge in [-0.3, -0.25) is 0 Å². The van der Waals surface area contributed by atoms with Crippen LogP contribution in [0.25, 0.3) is 5.57 Å². The zero-order chi connectivity index (χ0) is 15.0. The second-order valence-corrected chi connectivity index (χ2v) is 5.79. The standard InChI is InChI=1S/C19H20O2/c1-13-17(15-9-5-3-6-10-15)19(21,14(2)18(13)20)16-11-7-4-8-12-16/h3-12,14,18,20-21H,1-2H3/t14-,18-,19-/m0/s1. The van der Waals surface area contributed by atoms with Gasteiger partial charge >= 0.3 is 0 Å². The third-order valence-corrected chi connectivity index (χ3v) is 4.63. The van der Waals surface area contributed by atoms with Gasteiger partial charge in [0.15, 0.2) is 0 Å². The molecule has 0 fully saturated rings. The van der Waals surface area contributed by atoms with E-state index in [1.807, 2.05) is 74.5 Å². The molecule has 2 aromatic rings. The van der Waals surface area contributed by atoms with E-state index in [0.29, 0.717) is 0 Å². The predicted octanol–water partition coefficient (Wildman–Crippen LogP) is 3.36. The summed E-state index contributed by atoms with van der Waals surface area (Å²) >= 11 is 0. The van der Waals surface area contributed by atoms with Crippen molar-refractivity contribution in [1.82, 2.24) is 0 Å². The van der Waals surface area contributed by atoms with Gasteiger partial charge in [0.25, 0.3) is 0 Å². The van der Waals surface area contributed by atoms with E-state index in [0.717, 1.165) is 22.3 Å². The van der Waals surface area contributed by atoms with Crippen molar-refractivity contribution in [2.24, 2.45) is 5.92 Å². The van der Waals surface area contributed by atoms with Crippen molar-refractivity contribution < 1.29 is 10.2 Å². The number of benzene rings is 2. The van der Waals surface area contributed by atoms with Gasteiger partial charge in [0.1, 0.15) is 5.60 Å². The van der Waals surface area contributed by atoms with E-state index in [2.05, 4.69) is 0 Å². The first-order chi connectivity index (χ1) is 10.1. The summed E-state index contributed by atoms with van der Waals surface area (Å²) in [7, 11) is 0. The number of aliphatic hydroxyl groups excluding tert-OH is 1. The van der Waals surface area contributed by atoms with Crippen LogP contribution in [0.15, 0.2) is 66.2 Å². The van der Waals surface area contributed by atoms with Crippen molar-refractivity contribution in [3.8, 4) is 0 Å². The van der Waals surface area contributed by atoms with Crippen molar-refractivity contribution in [1.29, 1.82) is 0 Å². The Balaban J connectivity index is 2.23. The Morgan fingerprint density at radius 2 is 1.43 bits per heavy atom. The summed E-state index contributed by atoms with van der Waals surface area (Å²) in [5.74, 6) is -0.282. The molecule has 0 aliphatic heterocycles. The Morgan fingerprint density at radius 1 is 0.905 bits per heavy atom. The number of hydrogen-bond donors (Lipinski definition) is 2. The molecule has 2 aromatic carbocycles. The minimum atomic E-state index is -1.16. The molecular formula is C19H20O2. The van der Waals surface area contributed by atoms with E-state index < -0.39 is 11.7 Å². The second-order valence-electron chi connectivity index (χ2n) is 5.79. The molecule has 2 heteroatoms. The molecule has 2 nitrogen and oxygen atoms in total. The van der Waals surface area contributed by atoms with Gasteiger partial charge in [-0.15, -0.1) is 0 Å². The van der Waals surface area contributed by atoms with E-state index in [1.165, 1.54) is 0 Å². The molecule has 1 aliphatic carbocycles. The molecule has 0 unspecified atom stereocenters. The summed E-state index contributed by atoms with van der Waals surface area (Å²) in [6.45, 7) is 3.81. The van der Waals surface area contributed by atoms with E-state index in [9.17, 15) is 10.2 Å². The SMILES string of the molecule is CC1=C(c2ccccc2)[C@@](O)(c2ccccc2)[C@@H](C)[C@H]1O. The molecule has 0 bridgehead atoms. The fourth-order valence-electron chi connectivity index (χ4n) is 3.43. The minimum absolute atomic E-state index is 0.282. The summed E-state index contributed by atoms with van der Waals surface area (Å²) in [5.41, 5.74) is 2.30. The summed E-state index contributed by atoms with van der Waals surface area (Å²) in [6.07, 6.45) is -0.634. The highest BCUT2D eigenvalue weighted by atomic mass is 16.3. The van der Waals surface area contributed by atoms with Gasteiger partial charge in [-0.25, -0.2) is 0 Å². The van der Waals surface area contributed by atoms with Gasteiger partial charge in [-0.2, -0.15) is 0 Å². The van der Waals surface area contributed by atoms with Gasteiger partial charge in [0, 0.05) is 5.92 Å². The van der Waals surface area contributed by atoms with Crippen LogP contribution in [0.4, 0.5) is 0 Å². The van der Waals surface area contributed by atoms with Crippen LogP contribution in [-0.2, 0) is 5.60 Å². The topological polar surface area (TPSA) is 40.5 Å². The number of hydrogen-bond acceptors (Lipinski definition) is 2. The van der Waals surface area contributed by atoms with Crippen LogP contribution in [0.5, 0.6) is 0 Å². The van der Waals surface area contributed by atoms with Crippen LogP contribution in [0.1, 0.15) is 25.0 Å². The lowest BCUT2D eigenvalue weighted by molar-refractivity contribution is 0.00424. The molecule has 108 valence electrons. The molecule has 3 rings (SSSR count). The molecule has 0 spiro atoms. The molecule has 0 radical (unpaired) electrons. The van der Waals surface area contributed by atoms with Crippen molar-refractivity contribution in [3.05, 3.63) is 77.4 Å². The normalized spacial score (nSPS) is 29.0. The first kappa shape index (κ1) is 14.1. The van der Waals surface area contributed by atoms with Crippen LogP contribution in [-0.4, -0.2) is 16.3 Å². The van der Waals surface area contributed by atoms with Gasteiger partial charge in [0.2, 0.25) is 0 Å². The highest BCUT2D eigenvalue weighted by Crippen LogP contribution is 2.51. The van der Waals surface area contributed by atoms with E-state index in [1.54, 1.807) is 0 Å². The lowest BCUT2D eigenvalue weighted by Gasteiger charge is -2.33. The van der Waals surface area contributed by atoms with Crippen molar-refractivity contribution >= 4 is 5.57 Å². The molecule has 0 saturated heterocycles. The minimum Gasteiger partial charge on any atom is -0.388 e. The fraction of sp³-hybridized carbons (Fsp3) is 0.263. The molecule has 0 amide bonds. The van der Waals surface area contributed by atoms with Crippen LogP contribution in [0.3, 0.4) is 0 Å². The highest BCUT2D eigenvalue weighted by molar-refractivity contribution is 5.79. The molecule has 21 heavy (non-hydrogen) atoms. The zero-order valence-corrected chi connectivity index (χ0v) is 12.3. The summed E-state index contributed by atoms with van der Waals surface area (Å²) in [5, 5.41) is 21.9. The number of aliphatic hydroxyl groups is 2. The predicted molar refractivity (Wildman–Crippen MR) is 84.5 cm³/mol. The van der Waals surface area contributed by atoms with Crippen LogP contribution in [0, 0.1) is 5.92 Å². The monoisotopic (exact) mass is 280 g/mol. The van der Waals surface area contributed by atoms with Crippen molar-refractivity contribution in [3.63, 3.8) is 0 Å². The molecule has 2 N–H and O–H groups in total. The Labute approximate surface area is 125 Å². The third-order valence-electron chi connectivity index (χ3n) is 4.63. The summed E-state index contributed by atoms with van der Waals surface area (Å²) < 4.78 is 0. The first-order valence-corrected chi connectivity index (χ1v) is 7.29. The molecule has 0 heterocycles. The Kier molecular flexibility index (Phi) is 3.44. The Bertz CT molecular complexity index is 660. The van der Waals surface area contributed by atoms with E-state index in [-0.39, 0.29) is 5.92 Å². The molecular weight excluding hydrogens is 260 g/mol. The molecule has 0 aromatic heterocycles. The summed E-state index contributed by atoms with van der Waals surface area (Å²) in [6, 6.07) is 19.4. The molecule has 1 aliphatic rings. The highest BCUT2D eigenvalue weighted by Gasteiger charge is 2.50. The average Bonchev–Trinajstić information content (AvgIpc) is 2.71. The Hall–Kier alpha value is -1.90. The smallest absolute Gasteiger partial charge is 0.121 e. The van der Waals surface area contributed by atoms with Crippen LogP contribution >= 0.6 is 0 Å². The second kappa shape index (κ2) is 5.14. The van der Waals surface area contributed by atoms with Gasteiger partial charge in [0.05, 0.1) is 6.10 Å². The van der Waals surface area contributed by atoms with Gasteiger partial charge in [-0.1, -0.05) is 67.6 Å². The third kappa shape index (κ3) is 2.03. The Morgan fingerprint density at radius 3 is 2.00 bits per heavy atom. The maximum atomic E-state index is 11.5. The van der Waals surface area contributed by atoms with Gasteiger partial charge in [-0.05, 0) is 29.2 Å².